The topological polar surface area (TPSA) is 67.9 Å². The van der Waals surface area contributed by atoms with Crippen LogP contribution < -0.4 is 14.8 Å². The first-order valence-corrected chi connectivity index (χ1v) is 10.9. The largest absolute Gasteiger partial charge is 0.497 e. The van der Waals surface area contributed by atoms with Crippen LogP contribution >= 0.6 is 0 Å². The third-order valence-corrected chi connectivity index (χ3v) is 5.11. The highest BCUT2D eigenvalue weighted by molar-refractivity contribution is 5.88. The average molecular weight is 427 g/mol. The van der Waals surface area contributed by atoms with Crippen molar-refractivity contribution in [2.24, 2.45) is 0 Å². The van der Waals surface area contributed by atoms with E-state index in [1.807, 2.05) is 62.4 Å². The maximum absolute atomic E-state index is 13.1. The lowest BCUT2D eigenvalue weighted by molar-refractivity contribution is -0.143. The molecule has 2 amide bonds. The molecule has 6 nitrogen and oxygen atoms in total. The van der Waals surface area contributed by atoms with Crippen molar-refractivity contribution in [2.75, 3.05) is 20.3 Å². The summed E-state index contributed by atoms with van der Waals surface area (Å²) in [7, 11) is 1.61. The van der Waals surface area contributed by atoms with E-state index >= 15 is 0 Å². The molecule has 0 saturated heterocycles. The normalized spacial score (nSPS) is 11.5. The number of amides is 2. The third kappa shape index (κ3) is 7.63. The summed E-state index contributed by atoms with van der Waals surface area (Å²) >= 11 is 0. The minimum Gasteiger partial charge on any atom is -0.497 e. The molecule has 0 unspecified atom stereocenters. The van der Waals surface area contributed by atoms with Gasteiger partial charge in [-0.3, -0.25) is 9.59 Å². The van der Waals surface area contributed by atoms with Gasteiger partial charge in [0.2, 0.25) is 5.91 Å². The number of aryl methyl sites for hydroxylation is 1. The summed E-state index contributed by atoms with van der Waals surface area (Å²) in [5.41, 5.74) is 2.04. The average Bonchev–Trinajstić information content (AvgIpc) is 2.79. The SMILES string of the molecule is CCCCNC(=O)[C@@H](CC)N(Cc1ccc(OC)cc1)C(=O)COc1ccc(C)cc1. The quantitative estimate of drug-likeness (QED) is 0.519. The molecular formula is C25H34N2O4. The first-order chi connectivity index (χ1) is 15.0. The van der Waals surface area contributed by atoms with Crippen LogP contribution in [0.15, 0.2) is 48.5 Å². The molecule has 0 aliphatic heterocycles. The number of hydrogen-bond acceptors (Lipinski definition) is 4. The molecule has 0 heterocycles. The van der Waals surface area contributed by atoms with Gasteiger partial charge in [-0.1, -0.05) is 50.1 Å². The number of unbranched alkanes of at least 4 members (excludes halogenated alkanes) is 1. The zero-order chi connectivity index (χ0) is 22.6. The minimum atomic E-state index is -0.562. The standard InChI is InChI=1S/C25H34N2O4/c1-5-7-16-26-25(29)23(6-2)27(17-20-10-14-21(30-4)15-11-20)24(28)18-31-22-12-8-19(3)9-13-22/h8-15,23H,5-7,16-18H2,1-4H3,(H,26,29)/t23-/m1/s1. The Balaban J connectivity index is 2.16. The second kappa shape index (κ2) is 12.6. The smallest absolute Gasteiger partial charge is 0.261 e. The molecule has 2 rings (SSSR count). The van der Waals surface area contributed by atoms with E-state index in [1.165, 1.54) is 0 Å². The van der Waals surface area contributed by atoms with Crippen LogP contribution in [0.5, 0.6) is 11.5 Å². The zero-order valence-electron chi connectivity index (χ0n) is 19.0. The third-order valence-electron chi connectivity index (χ3n) is 5.11. The van der Waals surface area contributed by atoms with Gasteiger partial charge in [0.25, 0.3) is 5.91 Å². The number of carbonyl (C=O) groups excluding carboxylic acids is 2. The van der Waals surface area contributed by atoms with Gasteiger partial charge in [-0.15, -0.1) is 0 Å². The highest BCUT2D eigenvalue weighted by atomic mass is 16.5. The second-order valence-corrected chi connectivity index (χ2v) is 7.54. The molecule has 0 fully saturated rings. The summed E-state index contributed by atoms with van der Waals surface area (Å²) in [6.45, 7) is 6.78. The molecule has 0 aromatic heterocycles. The van der Waals surface area contributed by atoms with E-state index < -0.39 is 6.04 Å². The number of ether oxygens (including phenoxy) is 2. The minimum absolute atomic E-state index is 0.127. The number of nitrogens with zero attached hydrogens (tertiary/aromatic N) is 1. The molecule has 0 aliphatic carbocycles. The highest BCUT2D eigenvalue weighted by Gasteiger charge is 2.28. The fourth-order valence-corrected chi connectivity index (χ4v) is 3.22. The molecule has 1 atom stereocenters. The molecule has 31 heavy (non-hydrogen) atoms. The van der Waals surface area contributed by atoms with Gasteiger partial charge in [0.05, 0.1) is 7.11 Å². The fraction of sp³-hybridized carbons (Fsp3) is 0.440. The van der Waals surface area contributed by atoms with E-state index in [0.29, 0.717) is 25.3 Å². The van der Waals surface area contributed by atoms with Gasteiger partial charge < -0.3 is 19.7 Å². The van der Waals surface area contributed by atoms with Gasteiger partial charge in [-0.2, -0.15) is 0 Å². The Hall–Kier alpha value is -3.02. The first-order valence-electron chi connectivity index (χ1n) is 10.9. The Labute approximate surface area is 185 Å². The number of nitrogens with one attached hydrogen (secondary N) is 1. The Morgan fingerprint density at radius 3 is 2.23 bits per heavy atom. The van der Waals surface area contributed by atoms with Crippen LogP contribution in [-0.4, -0.2) is 43.0 Å². The number of rotatable bonds is 12. The monoisotopic (exact) mass is 426 g/mol. The van der Waals surface area contributed by atoms with Crippen LogP contribution in [0.25, 0.3) is 0 Å². The Morgan fingerprint density at radius 2 is 1.65 bits per heavy atom. The first kappa shape index (κ1) is 24.3. The maximum Gasteiger partial charge on any atom is 0.261 e. The van der Waals surface area contributed by atoms with Crippen LogP contribution in [0.3, 0.4) is 0 Å². The molecule has 1 N–H and O–H groups in total. The summed E-state index contributed by atoms with van der Waals surface area (Å²) in [6, 6.07) is 14.5. The fourth-order valence-electron chi connectivity index (χ4n) is 3.22. The lowest BCUT2D eigenvalue weighted by atomic mass is 10.1. The molecular weight excluding hydrogens is 392 g/mol. The van der Waals surface area contributed by atoms with Gasteiger partial charge in [-0.05, 0) is 49.6 Å². The van der Waals surface area contributed by atoms with Gasteiger partial charge in [0.15, 0.2) is 6.61 Å². The van der Waals surface area contributed by atoms with Crippen molar-refractivity contribution in [3.8, 4) is 11.5 Å². The lowest BCUT2D eigenvalue weighted by Crippen LogP contribution is -2.50. The van der Waals surface area contributed by atoms with E-state index in [9.17, 15) is 9.59 Å². The van der Waals surface area contributed by atoms with Crippen LogP contribution in [0.4, 0.5) is 0 Å². The van der Waals surface area contributed by atoms with Crippen molar-refractivity contribution in [1.29, 1.82) is 0 Å². The summed E-state index contributed by atoms with van der Waals surface area (Å²) in [5, 5.41) is 2.96. The van der Waals surface area contributed by atoms with Gasteiger partial charge in [-0.25, -0.2) is 0 Å². The molecule has 168 valence electrons. The van der Waals surface area contributed by atoms with Crippen LogP contribution in [0, 0.1) is 6.92 Å². The van der Waals surface area contributed by atoms with Gasteiger partial charge in [0, 0.05) is 13.1 Å². The summed E-state index contributed by atoms with van der Waals surface area (Å²) in [4.78, 5) is 27.6. The number of methoxy groups -OCH3 is 1. The number of carbonyl (C=O) groups is 2. The summed E-state index contributed by atoms with van der Waals surface area (Å²) in [6.07, 6.45) is 2.42. The molecule has 0 radical (unpaired) electrons. The second-order valence-electron chi connectivity index (χ2n) is 7.54. The summed E-state index contributed by atoms with van der Waals surface area (Å²) in [5.74, 6) is 1.01. The van der Waals surface area contributed by atoms with Crippen molar-refractivity contribution in [1.82, 2.24) is 10.2 Å². The van der Waals surface area contributed by atoms with Gasteiger partial charge >= 0.3 is 0 Å². The van der Waals surface area contributed by atoms with E-state index in [4.69, 9.17) is 9.47 Å². The van der Waals surface area contributed by atoms with Crippen molar-refractivity contribution >= 4 is 11.8 Å². The molecule has 0 bridgehead atoms. The molecule has 6 heteroatoms. The predicted molar refractivity (Wildman–Crippen MR) is 122 cm³/mol. The molecule has 0 aliphatic rings. The van der Waals surface area contributed by atoms with Crippen molar-refractivity contribution < 1.29 is 19.1 Å². The van der Waals surface area contributed by atoms with Crippen LogP contribution in [-0.2, 0) is 16.1 Å². The number of hydrogen-bond donors (Lipinski definition) is 1. The zero-order valence-corrected chi connectivity index (χ0v) is 19.0. The van der Waals surface area contributed by atoms with Gasteiger partial charge in [0.1, 0.15) is 17.5 Å². The Kier molecular flexibility index (Phi) is 9.88. The van der Waals surface area contributed by atoms with Crippen molar-refractivity contribution in [3.05, 3.63) is 59.7 Å². The van der Waals surface area contributed by atoms with E-state index in [1.54, 1.807) is 12.0 Å². The lowest BCUT2D eigenvalue weighted by Gasteiger charge is -2.30. The van der Waals surface area contributed by atoms with Crippen LogP contribution in [0.1, 0.15) is 44.2 Å². The molecule has 2 aromatic rings. The van der Waals surface area contributed by atoms with E-state index in [0.717, 1.165) is 29.7 Å². The highest BCUT2D eigenvalue weighted by Crippen LogP contribution is 2.17. The molecule has 0 spiro atoms. The van der Waals surface area contributed by atoms with E-state index in [2.05, 4.69) is 12.2 Å². The number of benzene rings is 2. The van der Waals surface area contributed by atoms with Crippen LogP contribution in [0.2, 0.25) is 0 Å². The van der Waals surface area contributed by atoms with Crippen molar-refractivity contribution in [3.63, 3.8) is 0 Å². The molecule has 0 saturated carbocycles. The Bertz CT molecular complexity index is 818. The molecule has 2 aromatic carbocycles. The van der Waals surface area contributed by atoms with Crippen molar-refractivity contribution in [2.45, 2.75) is 52.6 Å². The predicted octanol–water partition coefficient (Wildman–Crippen LogP) is 4.11. The Morgan fingerprint density at radius 1 is 1.00 bits per heavy atom. The maximum atomic E-state index is 13.1. The summed E-state index contributed by atoms with van der Waals surface area (Å²) < 4.78 is 10.9. The van der Waals surface area contributed by atoms with E-state index in [-0.39, 0.29) is 18.4 Å².